The standard InChI is InChI=1S/C15H17ClN2O/c1-10(12-5-6-12)15(19)18-14-9-11(3-2-8-17)4-7-13(14)16/h4,7,9-10,12H,5-6,8,17H2,1H3,(H,18,19). The van der Waals surface area contributed by atoms with E-state index in [-0.39, 0.29) is 11.8 Å². The fourth-order valence-corrected chi connectivity index (χ4v) is 2.07. The van der Waals surface area contributed by atoms with E-state index in [0.717, 1.165) is 18.4 Å². The van der Waals surface area contributed by atoms with Crippen LogP contribution in [0.3, 0.4) is 0 Å². The van der Waals surface area contributed by atoms with Crippen molar-refractivity contribution in [3.63, 3.8) is 0 Å². The Labute approximate surface area is 118 Å². The van der Waals surface area contributed by atoms with Crippen LogP contribution in [0.15, 0.2) is 18.2 Å². The topological polar surface area (TPSA) is 55.1 Å². The van der Waals surface area contributed by atoms with E-state index in [1.165, 1.54) is 0 Å². The van der Waals surface area contributed by atoms with Crippen LogP contribution in [-0.4, -0.2) is 12.5 Å². The normalized spacial score (nSPS) is 15.3. The van der Waals surface area contributed by atoms with Gasteiger partial charge in [-0.25, -0.2) is 0 Å². The number of benzene rings is 1. The summed E-state index contributed by atoms with van der Waals surface area (Å²) in [7, 11) is 0. The molecule has 1 aliphatic rings. The fraction of sp³-hybridized carbons (Fsp3) is 0.400. The van der Waals surface area contributed by atoms with E-state index in [1.807, 2.05) is 13.0 Å². The van der Waals surface area contributed by atoms with Crippen molar-refractivity contribution >= 4 is 23.2 Å². The van der Waals surface area contributed by atoms with E-state index in [1.54, 1.807) is 12.1 Å². The van der Waals surface area contributed by atoms with E-state index in [9.17, 15) is 4.79 Å². The first-order valence-corrected chi connectivity index (χ1v) is 6.79. The summed E-state index contributed by atoms with van der Waals surface area (Å²) in [4.78, 5) is 12.0. The van der Waals surface area contributed by atoms with Crippen molar-refractivity contribution in [2.75, 3.05) is 11.9 Å². The molecule has 1 unspecified atom stereocenters. The van der Waals surface area contributed by atoms with Crippen LogP contribution in [-0.2, 0) is 4.79 Å². The van der Waals surface area contributed by atoms with Crippen LogP contribution < -0.4 is 11.1 Å². The number of nitrogens with one attached hydrogen (secondary N) is 1. The molecule has 0 radical (unpaired) electrons. The van der Waals surface area contributed by atoms with Crippen molar-refractivity contribution in [2.24, 2.45) is 17.6 Å². The first-order valence-electron chi connectivity index (χ1n) is 6.41. The largest absolute Gasteiger partial charge is 0.324 e. The molecule has 0 bridgehead atoms. The molecule has 1 aliphatic carbocycles. The van der Waals surface area contributed by atoms with Crippen LogP contribution in [0.5, 0.6) is 0 Å². The van der Waals surface area contributed by atoms with Gasteiger partial charge < -0.3 is 11.1 Å². The third kappa shape index (κ3) is 3.73. The van der Waals surface area contributed by atoms with Gasteiger partial charge >= 0.3 is 0 Å². The van der Waals surface area contributed by atoms with E-state index in [2.05, 4.69) is 17.2 Å². The van der Waals surface area contributed by atoms with Gasteiger partial charge in [0.25, 0.3) is 0 Å². The van der Waals surface area contributed by atoms with Gasteiger partial charge in [-0.2, -0.15) is 0 Å². The third-order valence-electron chi connectivity index (χ3n) is 3.30. The van der Waals surface area contributed by atoms with Crippen molar-refractivity contribution in [3.05, 3.63) is 28.8 Å². The second kappa shape index (κ2) is 6.10. The van der Waals surface area contributed by atoms with E-state index in [4.69, 9.17) is 17.3 Å². The number of amides is 1. The van der Waals surface area contributed by atoms with Crippen LogP contribution in [0.4, 0.5) is 5.69 Å². The van der Waals surface area contributed by atoms with E-state index >= 15 is 0 Å². The Morgan fingerprint density at radius 2 is 2.32 bits per heavy atom. The SMILES string of the molecule is CC(C(=O)Nc1cc(C#CCN)ccc1Cl)C1CC1. The highest BCUT2D eigenvalue weighted by Gasteiger charge is 2.32. The molecule has 0 saturated heterocycles. The summed E-state index contributed by atoms with van der Waals surface area (Å²) in [6.45, 7) is 2.27. The molecule has 3 nitrogen and oxygen atoms in total. The smallest absolute Gasteiger partial charge is 0.227 e. The average molecular weight is 277 g/mol. The van der Waals surface area contributed by atoms with Crippen LogP contribution in [0.2, 0.25) is 5.02 Å². The van der Waals surface area contributed by atoms with Gasteiger partial charge in [0, 0.05) is 11.5 Å². The predicted octanol–water partition coefficient (Wildman–Crippen LogP) is 2.63. The van der Waals surface area contributed by atoms with E-state index < -0.39 is 0 Å². The number of hydrogen-bond donors (Lipinski definition) is 2. The first-order chi connectivity index (χ1) is 9.11. The summed E-state index contributed by atoms with van der Waals surface area (Å²) in [5.74, 6) is 6.29. The zero-order valence-corrected chi connectivity index (χ0v) is 11.6. The minimum absolute atomic E-state index is 0.0216. The summed E-state index contributed by atoms with van der Waals surface area (Å²) >= 11 is 6.09. The summed E-state index contributed by atoms with van der Waals surface area (Å²) < 4.78 is 0. The molecule has 0 aliphatic heterocycles. The van der Waals surface area contributed by atoms with Crippen molar-refractivity contribution in [2.45, 2.75) is 19.8 Å². The number of halogens is 1. The molecule has 2 rings (SSSR count). The Hall–Kier alpha value is -1.50. The van der Waals surface area contributed by atoms with Gasteiger partial charge in [-0.1, -0.05) is 30.4 Å². The molecule has 3 N–H and O–H groups in total. The minimum atomic E-state index is 0.0216. The maximum atomic E-state index is 12.0. The molecule has 1 aromatic carbocycles. The highest BCUT2D eigenvalue weighted by Crippen LogP contribution is 2.37. The van der Waals surface area contributed by atoms with Gasteiger partial charge in [0.15, 0.2) is 0 Å². The predicted molar refractivity (Wildman–Crippen MR) is 77.9 cm³/mol. The maximum absolute atomic E-state index is 12.0. The second-order valence-electron chi connectivity index (χ2n) is 4.82. The highest BCUT2D eigenvalue weighted by molar-refractivity contribution is 6.33. The number of nitrogens with two attached hydrogens (primary N) is 1. The fourth-order valence-electron chi connectivity index (χ4n) is 1.91. The zero-order chi connectivity index (χ0) is 13.8. The van der Waals surface area contributed by atoms with Crippen molar-refractivity contribution in [1.29, 1.82) is 0 Å². The zero-order valence-electron chi connectivity index (χ0n) is 10.9. The number of carbonyl (C=O) groups is 1. The lowest BCUT2D eigenvalue weighted by molar-refractivity contribution is -0.119. The summed E-state index contributed by atoms with van der Waals surface area (Å²) in [5, 5.41) is 3.40. The summed E-state index contributed by atoms with van der Waals surface area (Å²) in [6.07, 6.45) is 2.29. The lowest BCUT2D eigenvalue weighted by atomic mass is 10.1. The molecular formula is C15H17ClN2O. The second-order valence-corrected chi connectivity index (χ2v) is 5.22. The number of hydrogen-bond acceptors (Lipinski definition) is 2. The van der Waals surface area contributed by atoms with Gasteiger partial charge in [-0.15, -0.1) is 0 Å². The first kappa shape index (κ1) is 13.9. The molecule has 100 valence electrons. The van der Waals surface area contributed by atoms with Crippen LogP contribution in [0, 0.1) is 23.7 Å². The minimum Gasteiger partial charge on any atom is -0.324 e. The number of carbonyl (C=O) groups excluding carboxylic acids is 1. The molecule has 19 heavy (non-hydrogen) atoms. The van der Waals surface area contributed by atoms with Gasteiger partial charge in [0.1, 0.15) is 0 Å². The molecule has 0 heterocycles. The molecule has 1 amide bonds. The van der Waals surface area contributed by atoms with Gasteiger partial charge in [0.05, 0.1) is 17.3 Å². The quantitative estimate of drug-likeness (QED) is 0.834. The van der Waals surface area contributed by atoms with Gasteiger partial charge in [-0.05, 0) is 37.0 Å². The lowest BCUT2D eigenvalue weighted by Crippen LogP contribution is -2.22. The molecule has 0 spiro atoms. The Morgan fingerprint density at radius 1 is 1.58 bits per heavy atom. The van der Waals surface area contributed by atoms with E-state index in [0.29, 0.717) is 23.2 Å². The molecule has 1 saturated carbocycles. The number of anilines is 1. The Bertz CT molecular complexity index is 541. The third-order valence-corrected chi connectivity index (χ3v) is 3.63. The number of rotatable bonds is 3. The maximum Gasteiger partial charge on any atom is 0.227 e. The van der Waals surface area contributed by atoms with Crippen molar-refractivity contribution < 1.29 is 4.79 Å². The van der Waals surface area contributed by atoms with Gasteiger partial charge in [0.2, 0.25) is 5.91 Å². The lowest BCUT2D eigenvalue weighted by Gasteiger charge is -2.12. The van der Waals surface area contributed by atoms with Crippen LogP contribution in [0.25, 0.3) is 0 Å². The monoisotopic (exact) mass is 276 g/mol. The Balaban J connectivity index is 2.11. The van der Waals surface area contributed by atoms with Gasteiger partial charge in [-0.3, -0.25) is 4.79 Å². The molecular weight excluding hydrogens is 260 g/mol. The Kier molecular flexibility index (Phi) is 4.47. The van der Waals surface area contributed by atoms with Crippen molar-refractivity contribution in [3.8, 4) is 11.8 Å². The summed E-state index contributed by atoms with van der Waals surface area (Å²) in [6, 6.07) is 5.33. The molecule has 1 atom stereocenters. The van der Waals surface area contributed by atoms with Crippen LogP contribution >= 0.6 is 11.6 Å². The summed E-state index contributed by atoms with van der Waals surface area (Å²) in [5.41, 5.74) is 6.75. The molecule has 1 fully saturated rings. The molecule has 1 aromatic rings. The highest BCUT2D eigenvalue weighted by atomic mass is 35.5. The average Bonchev–Trinajstić information content (AvgIpc) is 3.23. The van der Waals surface area contributed by atoms with Crippen molar-refractivity contribution in [1.82, 2.24) is 0 Å². The molecule has 4 heteroatoms. The van der Waals surface area contributed by atoms with Crippen LogP contribution in [0.1, 0.15) is 25.3 Å². The molecule has 0 aromatic heterocycles. The Morgan fingerprint density at radius 3 is 2.95 bits per heavy atom.